The van der Waals surface area contributed by atoms with Crippen LogP contribution in [0.25, 0.3) is 0 Å². The molecule has 18 heavy (non-hydrogen) atoms. The van der Waals surface area contributed by atoms with Gasteiger partial charge in [0.05, 0.1) is 5.92 Å². The summed E-state index contributed by atoms with van der Waals surface area (Å²) in [5, 5.41) is 11.9. The summed E-state index contributed by atoms with van der Waals surface area (Å²) in [6.45, 7) is 1.50. The number of carbonyl (C=O) groups excluding carboxylic acids is 1. The number of ether oxygens (including phenoxy) is 1. The summed E-state index contributed by atoms with van der Waals surface area (Å²) < 4.78 is 5.26. The van der Waals surface area contributed by atoms with E-state index in [1.54, 1.807) is 0 Å². The Morgan fingerprint density at radius 2 is 1.89 bits per heavy atom. The number of carboxylic acids is 1. The van der Waals surface area contributed by atoms with Crippen LogP contribution >= 0.6 is 0 Å². The summed E-state index contributed by atoms with van der Waals surface area (Å²) in [6, 6.07) is 0.0541. The Labute approximate surface area is 107 Å². The largest absolute Gasteiger partial charge is 0.481 e. The summed E-state index contributed by atoms with van der Waals surface area (Å²) in [4.78, 5) is 22.7. The molecule has 0 radical (unpaired) electrons. The monoisotopic (exact) mass is 255 g/mol. The molecule has 2 N–H and O–H groups in total. The Morgan fingerprint density at radius 1 is 1.17 bits per heavy atom. The molecular formula is C13H21NO4. The van der Waals surface area contributed by atoms with Crippen molar-refractivity contribution in [1.82, 2.24) is 5.32 Å². The third kappa shape index (κ3) is 3.70. The molecule has 1 saturated heterocycles. The van der Waals surface area contributed by atoms with E-state index >= 15 is 0 Å². The summed E-state index contributed by atoms with van der Waals surface area (Å²) in [7, 11) is 0. The molecule has 0 aromatic rings. The van der Waals surface area contributed by atoms with Gasteiger partial charge in [-0.25, -0.2) is 0 Å². The van der Waals surface area contributed by atoms with Crippen molar-refractivity contribution in [2.75, 3.05) is 13.2 Å². The van der Waals surface area contributed by atoms with Gasteiger partial charge in [-0.15, -0.1) is 0 Å². The Bertz CT molecular complexity index is 312. The van der Waals surface area contributed by atoms with Gasteiger partial charge in [0.25, 0.3) is 0 Å². The van der Waals surface area contributed by atoms with Crippen LogP contribution in [0.4, 0.5) is 0 Å². The van der Waals surface area contributed by atoms with Crippen molar-refractivity contribution in [2.45, 2.75) is 44.6 Å². The maximum Gasteiger partial charge on any atom is 0.306 e. The zero-order valence-corrected chi connectivity index (χ0v) is 10.6. The zero-order chi connectivity index (χ0) is 13.0. The van der Waals surface area contributed by atoms with Crippen molar-refractivity contribution in [3.8, 4) is 0 Å². The van der Waals surface area contributed by atoms with E-state index in [0.29, 0.717) is 25.2 Å². The lowest BCUT2D eigenvalue weighted by Crippen LogP contribution is -2.35. The minimum Gasteiger partial charge on any atom is -0.481 e. The highest BCUT2D eigenvalue weighted by atomic mass is 16.5. The number of nitrogens with one attached hydrogen (secondary N) is 1. The average Bonchev–Trinajstić information content (AvgIpc) is 2.78. The van der Waals surface area contributed by atoms with Crippen molar-refractivity contribution in [3.05, 3.63) is 0 Å². The van der Waals surface area contributed by atoms with Gasteiger partial charge >= 0.3 is 5.97 Å². The molecule has 1 aliphatic carbocycles. The van der Waals surface area contributed by atoms with Gasteiger partial charge in [-0.05, 0) is 38.0 Å². The van der Waals surface area contributed by atoms with Crippen LogP contribution in [0.3, 0.4) is 0 Å². The Kier molecular flexibility index (Phi) is 4.58. The van der Waals surface area contributed by atoms with E-state index in [0.717, 1.165) is 32.5 Å². The second kappa shape index (κ2) is 6.18. The minimum atomic E-state index is -0.740. The molecule has 1 saturated carbocycles. The first-order valence-corrected chi connectivity index (χ1v) is 6.75. The smallest absolute Gasteiger partial charge is 0.306 e. The zero-order valence-electron chi connectivity index (χ0n) is 10.6. The molecule has 5 nitrogen and oxygen atoms in total. The summed E-state index contributed by atoms with van der Waals surface area (Å²) in [5.41, 5.74) is 0. The molecule has 102 valence electrons. The highest BCUT2D eigenvalue weighted by Crippen LogP contribution is 2.26. The Hall–Kier alpha value is -1.10. The van der Waals surface area contributed by atoms with Crippen LogP contribution in [0.15, 0.2) is 0 Å². The van der Waals surface area contributed by atoms with Gasteiger partial charge in [-0.2, -0.15) is 0 Å². The van der Waals surface area contributed by atoms with Crippen LogP contribution in [0.5, 0.6) is 0 Å². The lowest BCUT2D eigenvalue weighted by Gasteiger charge is -2.22. The van der Waals surface area contributed by atoms with Crippen molar-refractivity contribution in [2.24, 2.45) is 11.8 Å². The second-order valence-corrected chi connectivity index (χ2v) is 5.37. The maximum atomic E-state index is 11.8. The number of rotatable bonds is 4. The standard InChI is InChI=1S/C13H21NO4/c15-12(7-9-3-5-18-6-4-9)14-11-2-1-10(8-11)13(16)17/h9-11H,1-8H2,(H,14,15)(H,16,17)/t10-,11+/m1/s1. The quantitative estimate of drug-likeness (QED) is 0.790. The molecule has 1 heterocycles. The van der Waals surface area contributed by atoms with Crippen LogP contribution < -0.4 is 5.32 Å². The fraction of sp³-hybridized carbons (Fsp3) is 0.846. The fourth-order valence-electron chi connectivity index (χ4n) is 2.84. The molecule has 2 atom stereocenters. The molecule has 2 rings (SSSR count). The average molecular weight is 255 g/mol. The summed E-state index contributed by atoms with van der Waals surface area (Å²) in [6.07, 6.45) is 4.51. The molecule has 0 aromatic carbocycles. The van der Waals surface area contributed by atoms with Gasteiger partial charge in [0, 0.05) is 25.7 Å². The molecule has 0 aromatic heterocycles. The van der Waals surface area contributed by atoms with E-state index in [9.17, 15) is 9.59 Å². The number of carboxylic acid groups (broad SMARTS) is 1. The van der Waals surface area contributed by atoms with Crippen LogP contribution in [0.2, 0.25) is 0 Å². The van der Waals surface area contributed by atoms with E-state index in [1.807, 2.05) is 0 Å². The summed E-state index contributed by atoms with van der Waals surface area (Å²) >= 11 is 0. The maximum absolute atomic E-state index is 11.8. The number of aliphatic carboxylic acids is 1. The van der Waals surface area contributed by atoms with Gasteiger partial charge < -0.3 is 15.2 Å². The molecule has 2 fully saturated rings. The lowest BCUT2D eigenvalue weighted by atomic mass is 9.96. The molecule has 2 aliphatic rings. The first kappa shape index (κ1) is 13.3. The molecule has 5 heteroatoms. The number of hydrogen-bond acceptors (Lipinski definition) is 3. The molecular weight excluding hydrogens is 234 g/mol. The second-order valence-electron chi connectivity index (χ2n) is 5.37. The minimum absolute atomic E-state index is 0.0541. The number of carbonyl (C=O) groups is 2. The van der Waals surface area contributed by atoms with Gasteiger partial charge in [0.15, 0.2) is 0 Å². The van der Waals surface area contributed by atoms with Crippen molar-refractivity contribution >= 4 is 11.9 Å². The van der Waals surface area contributed by atoms with Crippen LogP contribution in [0.1, 0.15) is 38.5 Å². The van der Waals surface area contributed by atoms with Gasteiger partial charge in [-0.3, -0.25) is 9.59 Å². The van der Waals surface area contributed by atoms with E-state index < -0.39 is 5.97 Å². The Morgan fingerprint density at radius 3 is 2.50 bits per heavy atom. The highest BCUT2D eigenvalue weighted by molar-refractivity contribution is 5.77. The van der Waals surface area contributed by atoms with E-state index in [-0.39, 0.29) is 17.9 Å². The fourth-order valence-corrected chi connectivity index (χ4v) is 2.84. The van der Waals surface area contributed by atoms with Crippen LogP contribution in [-0.2, 0) is 14.3 Å². The molecule has 0 unspecified atom stereocenters. The van der Waals surface area contributed by atoms with Gasteiger partial charge in [-0.1, -0.05) is 0 Å². The highest BCUT2D eigenvalue weighted by Gasteiger charge is 2.30. The van der Waals surface area contributed by atoms with E-state index in [2.05, 4.69) is 5.32 Å². The molecule has 1 amide bonds. The third-order valence-corrected chi connectivity index (χ3v) is 3.96. The topological polar surface area (TPSA) is 75.6 Å². The van der Waals surface area contributed by atoms with Gasteiger partial charge in [0.2, 0.25) is 5.91 Å². The molecule has 0 spiro atoms. The molecule has 0 bridgehead atoms. The van der Waals surface area contributed by atoms with Crippen LogP contribution in [-0.4, -0.2) is 36.2 Å². The van der Waals surface area contributed by atoms with Gasteiger partial charge in [0.1, 0.15) is 0 Å². The van der Waals surface area contributed by atoms with E-state index in [4.69, 9.17) is 9.84 Å². The third-order valence-electron chi connectivity index (χ3n) is 3.96. The first-order chi connectivity index (χ1) is 8.65. The predicted molar refractivity (Wildman–Crippen MR) is 65.1 cm³/mol. The van der Waals surface area contributed by atoms with Crippen LogP contribution in [0, 0.1) is 11.8 Å². The van der Waals surface area contributed by atoms with E-state index in [1.165, 1.54) is 0 Å². The van der Waals surface area contributed by atoms with Crippen molar-refractivity contribution in [1.29, 1.82) is 0 Å². The normalized spacial score (nSPS) is 29.1. The Balaban J connectivity index is 1.69. The van der Waals surface area contributed by atoms with Crippen molar-refractivity contribution in [3.63, 3.8) is 0 Å². The molecule has 1 aliphatic heterocycles. The number of amides is 1. The summed E-state index contributed by atoms with van der Waals surface area (Å²) in [5.74, 6) is -0.525. The number of hydrogen-bond donors (Lipinski definition) is 2. The van der Waals surface area contributed by atoms with Crippen molar-refractivity contribution < 1.29 is 19.4 Å². The lowest BCUT2D eigenvalue weighted by molar-refractivity contribution is -0.141. The SMILES string of the molecule is O=C(CC1CCOCC1)N[C@H]1CC[C@@H](C(=O)O)C1. The predicted octanol–water partition coefficient (Wildman–Crippen LogP) is 1.17. The first-order valence-electron chi connectivity index (χ1n) is 6.75.